The van der Waals surface area contributed by atoms with E-state index < -0.39 is 0 Å². The van der Waals surface area contributed by atoms with E-state index in [2.05, 4.69) is 30.9 Å². The number of nitrogens with zero attached hydrogens (tertiary/aromatic N) is 1. The van der Waals surface area contributed by atoms with Gasteiger partial charge in [-0.2, -0.15) is 0 Å². The number of rotatable bonds is 6. The third-order valence-corrected chi connectivity index (χ3v) is 7.52. The van der Waals surface area contributed by atoms with Gasteiger partial charge in [-0.15, -0.1) is 0 Å². The van der Waals surface area contributed by atoms with Gasteiger partial charge in [0.1, 0.15) is 35.7 Å². The molecular formula is C31H35NO4. The van der Waals surface area contributed by atoms with Crippen LogP contribution in [0.15, 0.2) is 60.7 Å². The molecule has 1 fully saturated rings. The van der Waals surface area contributed by atoms with Crippen LogP contribution in [0.3, 0.4) is 0 Å². The number of likely N-dealkylation sites (tertiary alicyclic amines) is 1. The maximum atomic E-state index is 10.3. The van der Waals surface area contributed by atoms with Crippen LogP contribution in [0.25, 0.3) is 11.1 Å². The van der Waals surface area contributed by atoms with E-state index in [9.17, 15) is 10.2 Å². The summed E-state index contributed by atoms with van der Waals surface area (Å²) < 4.78 is 12.7. The second-order valence-electron chi connectivity index (χ2n) is 10.3. The molecule has 0 spiro atoms. The summed E-state index contributed by atoms with van der Waals surface area (Å²) in [6.45, 7) is 11.4. The summed E-state index contributed by atoms with van der Waals surface area (Å²) in [4.78, 5) is 2.50. The van der Waals surface area contributed by atoms with Crippen molar-refractivity contribution in [3.05, 3.63) is 82.9 Å². The van der Waals surface area contributed by atoms with Crippen LogP contribution in [-0.2, 0) is 0 Å². The molecule has 5 nitrogen and oxygen atoms in total. The van der Waals surface area contributed by atoms with Crippen LogP contribution in [-0.4, -0.2) is 40.9 Å². The van der Waals surface area contributed by atoms with Crippen LogP contribution < -0.4 is 9.47 Å². The predicted molar refractivity (Wildman–Crippen MR) is 144 cm³/mol. The molecule has 3 unspecified atom stereocenters. The maximum Gasteiger partial charge on any atom is 0.150 e. The van der Waals surface area contributed by atoms with Crippen molar-refractivity contribution in [2.75, 3.05) is 19.7 Å². The molecule has 3 aromatic rings. The van der Waals surface area contributed by atoms with E-state index >= 15 is 0 Å². The van der Waals surface area contributed by atoms with Gasteiger partial charge in [0.2, 0.25) is 0 Å². The Morgan fingerprint density at radius 3 is 2.53 bits per heavy atom. The number of ether oxygens (including phenoxy) is 2. The fourth-order valence-electron chi connectivity index (χ4n) is 5.29. The number of hydrogen-bond donors (Lipinski definition) is 2. The molecule has 3 atom stereocenters. The molecule has 5 heteroatoms. The van der Waals surface area contributed by atoms with Gasteiger partial charge in [-0.1, -0.05) is 31.2 Å². The lowest BCUT2D eigenvalue weighted by Crippen LogP contribution is -2.35. The number of fused-ring (bicyclic) bond motifs is 1. The first-order valence-corrected chi connectivity index (χ1v) is 12.8. The molecular weight excluding hydrogens is 450 g/mol. The molecule has 2 heterocycles. The monoisotopic (exact) mass is 485 g/mol. The summed E-state index contributed by atoms with van der Waals surface area (Å²) in [6, 6.07) is 19.4. The van der Waals surface area contributed by atoms with Crippen LogP contribution in [0.4, 0.5) is 0 Å². The van der Waals surface area contributed by atoms with Gasteiger partial charge in [0.15, 0.2) is 0 Å². The van der Waals surface area contributed by atoms with Gasteiger partial charge in [-0.3, -0.25) is 4.90 Å². The number of aromatic hydroxyl groups is 2. The molecule has 2 N–H and O–H groups in total. The molecule has 2 aliphatic heterocycles. The molecule has 2 aliphatic rings. The third kappa shape index (κ3) is 4.80. The molecule has 0 radical (unpaired) electrons. The number of aryl methyl sites for hydroxylation is 1. The molecule has 188 valence electrons. The summed E-state index contributed by atoms with van der Waals surface area (Å²) in [7, 11) is 0. The first-order chi connectivity index (χ1) is 17.3. The summed E-state index contributed by atoms with van der Waals surface area (Å²) in [5.41, 5.74) is 5.49. The largest absolute Gasteiger partial charge is 0.508 e. The van der Waals surface area contributed by atoms with Crippen molar-refractivity contribution in [1.29, 1.82) is 0 Å². The Morgan fingerprint density at radius 1 is 1.06 bits per heavy atom. The first kappa shape index (κ1) is 24.3. The summed E-state index contributed by atoms with van der Waals surface area (Å²) in [6.07, 6.45) is 0.902. The lowest BCUT2D eigenvalue weighted by atomic mass is 9.85. The van der Waals surface area contributed by atoms with Crippen molar-refractivity contribution in [1.82, 2.24) is 4.90 Å². The van der Waals surface area contributed by atoms with E-state index in [1.807, 2.05) is 44.2 Å². The van der Waals surface area contributed by atoms with Gasteiger partial charge in [0.05, 0.1) is 0 Å². The highest BCUT2D eigenvalue weighted by atomic mass is 16.5. The third-order valence-electron chi connectivity index (χ3n) is 7.52. The average Bonchev–Trinajstić information content (AvgIpc) is 3.30. The zero-order chi connectivity index (χ0) is 25.4. The zero-order valence-electron chi connectivity index (χ0n) is 21.5. The fourth-order valence-corrected chi connectivity index (χ4v) is 5.29. The minimum absolute atomic E-state index is 0.203. The van der Waals surface area contributed by atoms with E-state index in [1.54, 1.807) is 18.2 Å². The van der Waals surface area contributed by atoms with Crippen LogP contribution in [0.2, 0.25) is 0 Å². The van der Waals surface area contributed by atoms with Crippen LogP contribution in [0, 0.1) is 12.8 Å². The maximum absolute atomic E-state index is 10.3. The van der Waals surface area contributed by atoms with Crippen LogP contribution in [0.5, 0.6) is 23.0 Å². The normalized spacial score (nSPS) is 20.7. The van der Waals surface area contributed by atoms with Gasteiger partial charge in [0.25, 0.3) is 0 Å². The predicted octanol–water partition coefficient (Wildman–Crippen LogP) is 6.58. The van der Waals surface area contributed by atoms with Crippen molar-refractivity contribution in [2.24, 2.45) is 5.92 Å². The van der Waals surface area contributed by atoms with Crippen LogP contribution in [0.1, 0.15) is 55.5 Å². The Bertz CT molecular complexity index is 1280. The number of benzene rings is 3. The minimum Gasteiger partial charge on any atom is -0.508 e. The molecule has 5 rings (SSSR count). The summed E-state index contributed by atoms with van der Waals surface area (Å²) in [5, 5.41) is 20.5. The fraction of sp³-hybridized carbons (Fsp3) is 0.355. The zero-order valence-corrected chi connectivity index (χ0v) is 21.5. The van der Waals surface area contributed by atoms with E-state index in [-0.39, 0.29) is 17.6 Å². The Balaban J connectivity index is 1.43. The summed E-state index contributed by atoms with van der Waals surface area (Å²) >= 11 is 0. The SMILES string of the molecule is CC1=C(c2cccc(O)c2)C(c2ccc(OCC(C)N3CCC(C)C3)cc2)Oc2cc(C)c(O)cc21. The second kappa shape index (κ2) is 9.90. The standard InChI is InChI=1S/C31H35NO4/c1-19-12-13-32(17-19)21(3)18-35-26-10-8-23(9-11-26)31-30(24-6-5-7-25(33)15-24)22(4)27-16-28(34)20(2)14-29(27)36-31/h5-11,14-16,19,21,31,33-34H,12-13,17-18H2,1-4H3. The molecule has 0 bridgehead atoms. The highest BCUT2D eigenvalue weighted by Crippen LogP contribution is 2.48. The lowest BCUT2D eigenvalue weighted by Gasteiger charge is -2.31. The lowest BCUT2D eigenvalue weighted by molar-refractivity contribution is 0.169. The molecule has 0 aliphatic carbocycles. The Kier molecular flexibility index (Phi) is 6.67. The molecule has 36 heavy (non-hydrogen) atoms. The molecule has 0 aromatic heterocycles. The van der Waals surface area contributed by atoms with Gasteiger partial charge < -0.3 is 19.7 Å². The Hall–Kier alpha value is -3.44. The Labute approximate surface area is 213 Å². The van der Waals surface area contributed by atoms with Crippen molar-refractivity contribution >= 4 is 11.1 Å². The van der Waals surface area contributed by atoms with Crippen molar-refractivity contribution in [2.45, 2.75) is 46.3 Å². The van der Waals surface area contributed by atoms with Gasteiger partial charge in [-0.25, -0.2) is 0 Å². The quantitative estimate of drug-likeness (QED) is 0.413. The minimum atomic E-state index is -0.359. The average molecular weight is 486 g/mol. The number of phenols is 2. The Morgan fingerprint density at radius 2 is 1.83 bits per heavy atom. The van der Waals surface area contributed by atoms with E-state index in [0.717, 1.165) is 63.9 Å². The number of allylic oxidation sites excluding steroid dienone is 1. The van der Waals surface area contributed by atoms with Crippen molar-refractivity contribution in [3.63, 3.8) is 0 Å². The highest BCUT2D eigenvalue weighted by molar-refractivity contribution is 5.96. The number of phenolic OH excluding ortho intramolecular Hbond substituents is 2. The molecule has 0 saturated carbocycles. The molecule has 3 aromatic carbocycles. The van der Waals surface area contributed by atoms with Crippen molar-refractivity contribution in [3.8, 4) is 23.0 Å². The van der Waals surface area contributed by atoms with Crippen LogP contribution >= 0.6 is 0 Å². The van der Waals surface area contributed by atoms with Gasteiger partial charge in [-0.05, 0) is 98.3 Å². The second-order valence-corrected chi connectivity index (χ2v) is 10.3. The van der Waals surface area contributed by atoms with E-state index in [0.29, 0.717) is 12.6 Å². The topological polar surface area (TPSA) is 62.2 Å². The smallest absolute Gasteiger partial charge is 0.150 e. The van der Waals surface area contributed by atoms with Crippen molar-refractivity contribution < 1.29 is 19.7 Å². The van der Waals surface area contributed by atoms with E-state index in [1.165, 1.54) is 6.42 Å². The highest BCUT2D eigenvalue weighted by Gasteiger charge is 2.30. The molecule has 0 amide bonds. The van der Waals surface area contributed by atoms with Gasteiger partial charge in [0, 0.05) is 23.7 Å². The first-order valence-electron chi connectivity index (χ1n) is 12.8. The van der Waals surface area contributed by atoms with E-state index in [4.69, 9.17) is 9.47 Å². The summed E-state index contributed by atoms with van der Waals surface area (Å²) in [5.74, 6) is 2.79. The van der Waals surface area contributed by atoms with Gasteiger partial charge >= 0.3 is 0 Å². The molecule has 1 saturated heterocycles. The number of hydrogen-bond acceptors (Lipinski definition) is 5.